The molecule has 0 bridgehead atoms. The lowest BCUT2D eigenvalue weighted by Crippen LogP contribution is -2.36. The van der Waals surface area contributed by atoms with Crippen molar-refractivity contribution in [2.24, 2.45) is 0 Å². The SMILES string of the molecule is COc1ccc(N)cc1NS(=O)(=O)NC(=O)OC(C)C. The molecule has 1 aromatic carbocycles. The van der Waals surface area contributed by atoms with Gasteiger partial charge < -0.3 is 15.2 Å². The fraction of sp³-hybridized carbons (Fsp3) is 0.364. The summed E-state index contributed by atoms with van der Waals surface area (Å²) >= 11 is 0. The van der Waals surface area contributed by atoms with Crippen LogP contribution in [-0.4, -0.2) is 27.7 Å². The molecule has 0 heterocycles. The molecule has 0 spiro atoms. The zero-order valence-corrected chi connectivity index (χ0v) is 12.2. The van der Waals surface area contributed by atoms with Crippen molar-refractivity contribution < 1.29 is 22.7 Å². The van der Waals surface area contributed by atoms with E-state index in [1.54, 1.807) is 24.6 Å². The average molecular weight is 303 g/mol. The van der Waals surface area contributed by atoms with Crippen molar-refractivity contribution in [3.05, 3.63) is 18.2 Å². The van der Waals surface area contributed by atoms with Gasteiger partial charge in [0.2, 0.25) is 0 Å². The smallest absolute Gasteiger partial charge is 0.422 e. The zero-order chi connectivity index (χ0) is 15.3. The molecule has 9 heteroatoms. The highest BCUT2D eigenvalue weighted by Crippen LogP contribution is 2.27. The normalized spacial score (nSPS) is 11.0. The third-order valence-electron chi connectivity index (χ3n) is 2.03. The van der Waals surface area contributed by atoms with E-state index in [-0.39, 0.29) is 11.4 Å². The largest absolute Gasteiger partial charge is 0.495 e. The van der Waals surface area contributed by atoms with Gasteiger partial charge in [-0.2, -0.15) is 8.42 Å². The van der Waals surface area contributed by atoms with Gasteiger partial charge in [0.1, 0.15) is 5.75 Å². The van der Waals surface area contributed by atoms with Gasteiger partial charge in [-0.3, -0.25) is 4.72 Å². The number of rotatable bonds is 5. The number of hydrogen-bond acceptors (Lipinski definition) is 6. The van der Waals surface area contributed by atoms with Crippen molar-refractivity contribution in [1.29, 1.82) is 0 Å². The second-order valence-electron chi connectivity index (χ2n) is 4.12. The first-order valence-electron chi connectivity index (χ1n) is 5.68. The summed E-state index contributed by atoms with van der Waals surface area (Å²) in [4.78, 5) is 11.3. The summed E-state index contributed by atoms with van der Waals surface area (Å²) in [5, 5.41) is 0. The van der Waals surface area contributed by atoms with Crippen LogP contribution in [0, 0.1) is 0 Å². The van der Waals surface area contributed by atoms with Crippen LogP contribution < -0.4 is 19.9 Å². The molecule has 0 aliphatic heterocycles. The minimum absolute atomic E-state index is 0.109. The van der Waals surface area contributed by atoms with E-state index in [0.717, 1.165) is 0 Å². The number of nitrogens with one attached hydrogen (secondary N) is 2. The third-order valence-corrected chi connectivity index (χ3v) is 2.95. The Hall–Kier alpha value is -2.16. The maximum Gasteiger partial charge on any atom is 0.422 e. The van der Waals surface area contributed by atoms with E-state index in [4.69, 9.17) is 10.5 Å². The van der Waals surface area contributed by atoms with Crippen molar-refractivity contribution in [3.63, 3.8) is 0 Å². The molecule has 0 saturated heterocycles. The van der Waals surface area contributed by atoms with Gasteiger partial charge in [-0.05, 0) is 32.0 Å². The maximum absolute atomic E-state index is 11.8. The quantitative estimate of drug-likeness (QED) is 0.700. The standard InChI is InChI=1S/C11H17N3O5S/c1-7(2)19-11(15)14-20(16,17)13-9-6-8(12)4-5-10(9)18-3/h4-7,13H,12H2,1-3H3,(H,14,15). The number of methoxy groups -OCH3 is 1. The Labute approximate surface area is 117 Å². The molecule has 0 saturated carbocycles. The van der Waals surface area contributed by atoms with Crippen molar-refractivity contribution in [2.75, 3.05) is 17.6 Å². The predicted octanol–water partition coefficient (Wildman–Crippen LogP) is 1.07. The number of nitrogen functional groups attached to an aromatic ring is 1. The van der Waals surface area contributed by atoms with Crippen LogP contribution >= 0.6 is 0 Å². The molecule has 0 aromatic heterocycles. The Morgan fingerprint density at radius 2 is 2.00 bits per heavy atom. The van der Waals surface area contributed by atoms with Crippen molar-refractivity contribution in [2.45, 2.75) is 20.0 Å². The molecule has 20 heavy (non-hydrogen) atoms. The van der Waals surface area contributed by atoms with Crippen LogP contribution in [0.5, 0.6) is 5.75 Å². The summed E-state index contributed by atoms with van der Waals surface area (Å²) < 4.78 is 37.0. The van der Waals surface area contributed by atoms with Gasteiger partial charge in [-0.25, -0.2) is 9.52 Å². The number of anilines is 2. The van der Waals surface area contributed by atoms with Crippen LogP contribution in [0.25, 0.3) is 0 Å². The fourth-order valence-corrected chi connectivity index (χ4v) is 2.09. The van der Waals surface area contributed by atoms with Crippen molar-refractivity contribution in [3.8, 4) is 5.75 Å². The van der Waals surface area contributed by atoms with Gasteiger partial charge in [0.05, 0.1) is 18.9 Å². The fourth-order valence-electron chi connectivity index (χ4n) is 1.32. The Balaban J connectivity index is 2.86. The van der Waals surface area contributed by atoms with E-state index < -0.39 is 22.4 Å². The van der Waals surface area contributed by atoms with Gasteiger partial charge in [0, 0.05) is 5.69 Å². The second kappa shape index (κ2) is 6.33. The third kappa shape index (κ3) is 4.84. The van der Waals surface area contributed by atoms with E-state index in [2.05, 4.69) is 9.46 Å². The van der Waals surface area contributed by atoms with Crippen LogP contribution in [0.2, 0.25) is 0 Å². The van der Waals surface area contributed by atoms with Crippen LogP contribution in [0.1, 0.15) is 13.8 Å². The highest BCUT2D eigenvalue weighted by molar-refractivity contribution is 7.91. The summed E-state index contributed by atoms with van der Waals surface area (Å²) in [6.45, 7) is 3.20. The van der Waals surface area contributed by atoms with Crippen LogP contribution in [0.4, 0.5) is 16.2 Å². The average Bonchev–Trinajstić information content (AvgIpc) is 2.26. The molecule has 0 radical (unpaired) electrons. The van der Waals surface area contributed by atoms with E-state index in [1.165, 1.54) is 19.2 Å². The molecular weight excluding hydrogens is 286 g/mol. The number of carbonyl (C=O) groups excluding carboxylic acids is 1. The van der Waals surface area contributed by atoms with Crippen molar-refractivity contribution in [1.82, 2.24) is 4.72 Å². The minimum atomic E-state index is -4.14. The number of amides is 1. The minimum Gasteiger partial charge on any atom is -0.495 e. The van der Waals surface area contributed by atoms with Gasteiger partial charge in [0.25, 0.3) is 0 Å². The summed E-state index contributed by atoms with van der Waals surface area (Å²) in [5.74, 6) is 0.266. The maximum atomic E-state index is 11.8. The van der Waals surface area contributed by atoms with Gasteiger partial charge >= 0.3 is 16.3 Å². The lowest BCUT2D eigenvalue weighted by molar-refractivity contribution is 0.121. The van der Waals surface area contributed by atoms with E-state index in [0.29, 0.717) is 5.69 Å². The van der Waals surface area contributed by atoms with Gasteiger partial charge in [0.15, 0.2) is 0 Å². The Kier molecular flexibility index (Phi) is 5.03. The highest BCUT2D eigenvalue weighted by Gasteiger charge is 2.18. The summed E-state index contributed by atoms with van der Waals surface area (Å²) in [5.41, 5.74) is 6.02. The molecule has 8 nitrogen and oxygen atoms in total. The molecule has 0 unspecified atom stereocenters. The lowest BCUT2D eigenvalue weighted by Gasteiger charge is -2.13. The summed E-state index contributed by atoms with van der Waals surface area (Å²) in [6, 6.07) is 4.42. The Bertz CT molecular complexity index is 586. The molecular formula is C11H17N3O5S. The monoisotopic (exact) mass is 303 g/mol. The lowest BCUT2D eigenvalue weighted by atomic mass is 10.2. The number of hydrogen-bond donors (Lipinski definition) is 3. The molecule has 0 fully saturated rings. The summed E-state index contributed by atoms with van der Waals surface area (Å²) in [7, 11) is -2.76. The predicted molar refractivity (Wildman–Crippen MR) is 74.7 cm³/mol. The van der Waals surface area contributed by atoms with Gasteiger partial charge in [-0.1, -0.05) is 0 Å². The topological polar surface area (TPSA) is 120 Å². The number of ether oxygens (including phenoxy) is 2. The first kappa shape index (κ1) is 15.9. The summed E-state index contributed by atoms with van der Waals surface area (Å²) in [6.07, 6.45) is -1.51. The highest BCUT2D eigenvalue weighted by atomic mass is 32.2. The molecule has 4 N–H and O–H groups in total. The first-order chi connectivity index (χ1) is 9.23. The number of nitrogens with two attached hydrogens (primary N) is 1. The van der Waals surface area contributed by atoms with Crippen LogP contribution in [0.3, 0.4) is 0 Å². The van der Waals surface area contributed by atoms with Gasteiger partial charge in [-0.15, -0.1) is 0 Å². The zero-order valence-electron chi connectivity index (χ0n) is 11.3. The second-order valence-corrected chi connectivity index (χ2v) is 5.54. The van der Waals surface area contributed by atoms with Crippen molar-refractivity contribution >= 4 is 27.7 Å². The molecule has 1 amide bonds. The van der Waals surface area contributed by atoms with Crippen LogP contribution in [0.15, 0.2) is 18.2 Å². The molecule has 0 aliphatic carbocycles. The Morgan fingerprint density at radius 3 is 2.55 bits per heavy atom. The number of benzene rings is 1. The van der Waals surface area contributed by atoms with E-state index >= 15 is 0 Å². The first-order valence-corrected chi connectivity index (χ1v) is 7.16. The molecule has 112 valence electrons. The van der Waals surface area contributed by atoms with E-state index in [1.807, 2.05) is 0 Å². The molecule has 0 aliphatic rings. The van der Waals surface area contributed by atoms with E-state index in [9.17, 15) is 13.2 Å². The molecule has 1 rings (SSSR count). The molecule has 1 aromatic rings. The number of carbonyl (C=O) groups is 1. The molecule has 0 atom stereocenters. The Morgan fingerprint density at radius 1 is 1.35 bits per heavy atom. The van der Waals surface area contributed by atoms with Crippen LogP contribution in [-0.2, 0) is 14.9 Å².